The Balaban J connectivity index is 0.00000312. The summed E-state index contributed by atoms with van der Waals surface area (Å²) in [5.74, 6) is 0.865. The molecule has 1 heterocycles. The first-order valence-corrected chi connectivity index (χ1v) is 8.74. The van der Waals surface area contributed by atoms with Crippen LogP contribution in [-0.2, 0) is 13.0 Å². The number of aryl methyl sites for hydroxylation is 1. The Hall–Kier alpha value is -1.35. The summed E-state index contributed by atoms with van der Waals surface area (Å²) < 4.78 is 1.98. The number of halogens is 2. The highest BCUT2D eigenvalue weighted by Crippen LogP contribution is 2.10. The van der Waals surface area contributed by atoms with Gasteiger partial charge in [0, 0.05) is 31.2 Å². The van der Waals surface area contributed by atoms with E-state index < -0.39 is 0 Å². The van der Waals surface area contributed by atoms with Crippen LogP contribution in [0, 0.1) is 0 Å². The van der Waals surface area contributed by atoms with Crippen LogP contribution in [-0.4, -0.2) is 40.4 Å². The van der Waals surface area contributed by atoms with Crippen molar-refractivity contribution in [1.29, 1.82) is 0 Å². The largest absolute Gasteiger partial charge is 0.357 e. The van der Waals surface area contributed by atoms with Crippen molar-refractivity contribution in [2.75, 3.05) is 19.6 Å². The zero-order chi connectivity index (χ0) is 17.0. The molecular formula is C17H26ClIN6. The van der Waals surface area contributed by atoms with E-state index in [9.17, 15) is 0 Å². The van der Waals surface area contributed by atoms with Crippen molar-refractivity contribution in [2.45, 2.75) is 32.7 Å². The van der Waals surface area contributed by atoms with Gasteiger partial charge in [-0.15, -0.1) is 34.2 Å². The molecule has 0 aliphatic heterocycles. The number of aromatic nitrogens is 3. The molecule has 8 heteroatoms. The third-order valence-corrected chi connectivity index (χ3v) is 3.74. The van der Waals surface area contributed by atoms with Crippen molar-refractivity contribution in [1.82, 2.24) is 25.4 Å². The number of hydrogen-bond donors (Lipinski definition) is 2. The minimum Gasteiger partial charge on any atom is -0.357 e. The quantitative estimate of drug-likeness (QED) is 0.253. The summed E-state index contributed by atoms with van der Waals surface area (Å²) in [6.07, 6.45) is 6.49. The molecule has 0 aliphatic carbocycles. The number of rotatable bonds is 9. The fraction of sp³-hybridized carbons (Fsp3) is 0.471. The van der Waals surface area contributed by atoms with E-state index in [1.165, 1.54) is 5.56 Å². The van der Waals surface area contributed by atoms with Gasteiger partial charge in [0.1, 0.15) is 12.7 Å². The second kappa shape index (κ2) is 12.9. The van der Waals surface area contributed by atoms with Crippen molar-refractivity contribution >= 4 is 41.5 Å². The Labute approximate surface area is 171 Å². The first kappa shape index (κ1) is 21.7. The van der Waals surface area contributed by atoms with Gasteiger partial charge in [-0.1, -0.05) is 23.7 Å². The van der Waals surface area contributed by atoms with Gasteiger partial charge in [0.25, 0.3) is 0 Å². The molecule has 0 fully saturated rings. The molecule has 2 N–H and O–H groups in total. The number of benzene rings is 1. The lowest BCUT2D eigenvalue weighted by Crippen LogP contribution is -2.38. The van der Waals surface area contributed by atoms with E-state index >= 15 is 0 Å². The number of nitrogens with one attached hydrogen (secondary N) is 2. The maximum Gasteiger partial charge on any atom is 0.191 e. The molecule has 0 unspecified atom stereocenters. The van der Waals surface area contributed by atoms with Gasteiger partial charge < -0.3 is 15.2 Å². The molecular weight excluding hydrogens is 451 g/mol. The van der Waals surface area contributed by atoms with Crippen LogP contribution in [0.5, 0.6) is 0 Å². The lowest BCUT2D eigenvalue weighted by Gasteiger charge is -2.11. The minimum atomic E-state index is 0. The summed E-state index contributed by atoms with van der Waals surface area (Å²) in [6.45, 7) is 5.48. The van der Waals surface area contributed by atoms with Crippen molar-refractivity contribution in [3.63, 3.8) is 0 Å². The van der Waals surface area contributed by atoms with Gasteiger partial charge in [-0.2, -0.15) is 0 Å². The third kappa shape index (κ3) is 9.06. The molecule has 0 bridgehead atoms. The molecule has 2 aromatic rings. The fourth-order valence-corrected chi connectivity index (χ4v) is 2.51. The maximum absolute atomic E-state index is 6.01. The Kier molecular flexibility index (Phi) is 11.2. The first-order valence-electron chi connectivity index (χ1n) is 8.37. The molecule has 0 aliphatic rings. The average molecular weight is 477 g/mol. The van der Waals surface area contributed by atoms with Crippen LogP contribution in [0.2, 0.25) is 5.02 Å². The summed E-state index contributed by atoms with van der Waals surface area (Å²) in [7, 11) is 0. The summed E-state index contributed by atoms with van der Waals surface area (Å²) in [5, 5.41) is 15.0. The highest BCUT2D eigenvalue weighted by Gasteiger charge is 1.99. The van der Waals surface area contributed by atoms with Crippen LogP contribution in [0.15, 0.2) is 41.9 Å². The summed E-state index contributed by atoms with van der Waals surface area (Å²) in [6, 6.07) is 7.96. The summed E-state index contributed by atoms with van der Waals surface area (Å²) in [5.41, 5.74) is 1.22. The standard InChI is InChI=1S/C17H25ClN6.HI/c1-2-19-17(20-9-3-4-11-24-13-22-23-14-24)21-10-8-15-6-5-7-16(18)12-15;/h5-7,12-14H,2-4,8-11H2,1H3,(H2,19,20,21);1H. The minimum absolute atomic E-state index is 0. The molecule has 1 aromatic carbocycles. The molecule has 0 radical (unpaired) electrons. The predicted octanol–water partition coefficient (Wildman–Crippen LogP) is 3.13. The van der Waals surface area contributed by atoms with Crippen molar-refractivity contribution in [3.05, 3.63) is 47.5 Å². The molecule has 0 spiro atoms. The van der Waals surface area contributed by atoms with E-state index in [0.29, 0.717) is 0 Å². The number of unbranched alkanes of at least 4 members (excludes halogenated alkanes) is 1. The Morgan fingerprint density at radius 2 is 2.00 bits per heavy atom. The molecule has 0 saturated carbocycles. The van der Waals surface area contributed by atoms with E-state index in [-0.39, 0.29) is 24.0 Å². The van der Waals surface area contributed by atoms with Gasteiger partial charge in [-0.3, -0.25) is 4.99 Å². The van der Waals surface area contributed by atoms with Crippen LogP contribution >= 0.6 is 35.6 Å². The Bertz CT molecular complexity index is 617. The molecule has 25 heavy (non-hydrogen) atoms. The highest BCUT2D eigenvalue weighted by molar-refractivity contribution is 14.0. The molecule has 0 atom stereocenters. The molecule has 0 saturated heterocycles. The number of aliphatic imine (C=N–C) groups is 1. The van der Waals surface area contributed by atoms with Gasteiger partial charge in [-0.25, -0.2) is 0 Å². The van der Waals surface area contributed by atoms with Gasteiger partial charge in [-0.05, 0) is 43.9 Å². The predicted molar refractivity (Wildman–Crippen MR) is 114 cm³/mol. The smallest absolute Gasteiger partial charge is 0.191 e. The highest BCUT2D eigenvalue weighted by atomic mass is 127. The van der Waals surface area contributed by atoms with E-state index in [1.807, 2.05) is 22.8 Å². The van der Waals surface area contributed by atoms with Gasteiger partial charge in [0.15, 0.2) is 5.96 Å². The zero-order valence-corrected chi connectivity index (χ0v) is 17.6. The molecule has 2 rings (SSSR count). The van der Waals surface area contributed by atoms with Crippen LogP contribution in [0.25, 0.3) is 0 Å². The normalized spacial score (nSPS) is 11.0. The van der Waals surface area contributed by atoms with Crippen LogP contribution < -0.4 is 10.6 Å². The van der Waals surface area contributed by atoms with Crippen molar-refractivity contribution in [2.24, 2.45) is 4.99 Å². The van der Waals surface area contributed by atoms with Gasteiger partial charge >= 0.3 is 0 Å². The lowest BCUT2D eigenvalue weighted by atomic mass is 10.1. The van der Waals surface area contributed by atoms with Crippen molar-refractivity contribution < 1.29 is 0 Å². The third-order valence-electron chi connectivity index (χ3n) is 3.50. The first-order chi connectivity index (χ1) is 11.8. The van der Waals surface area contributed by atoms with E-state index in [0.717, 1.165) is 56.4 Å². The summed E-state index contributed by atoms with van der Waals surface area (Å²) in [4.78, 5) is 4.61. The molecule has 138 valence electrons. The number of guanidine groups is 1. The average Bonchev–Trinajstić information content (AvgIpc) is 3.08. The second-order valence-electron chi connectivity index (χ2n) is 5.47. The SMILES string of the molecule is CCNC(=NCCCCn1cnnc1)NCCc1cccc(Cl)c1.I. The van der Waals surface area contributed by atoms with E-state index in [4.69, 9.17) is 11.6 Å². The topological polar surface area (TPSA) is 67.1 Å². The van der Waals surface area contributed by atoms with E-state index in [2.05, 4.69) is 38.8 Å². The van der Waals surface area contributed by atoms with E-state index in [1.54, 1.807) is 12.7 Å². The van der Waals surface area contributed by atoms with Crippen LogP contribution in [0.4, 0.5) is 0 Å². The van der Waals surface area contributed by atoms with Gasteiger partial charge in [0.2, 0.25) is 0 Å². The number of nitrogens with zero attached hydrogens (tertiary/aromatic N) is 4. The Morgan fingerprint density at radius 3 is 2.72 bits per heavy atom. The summed E-state index contributed by atoms with van der Waals surface area (Å²) >= 11 is 6.01. The Morgan fingerprint density at radius 1 is 1.20 bits per heavy atom. The zero-order valence-electron chi connectivity index (χ0n) is 14.5. The molecule has 1 aromatic heterocycles. The molecule has 0 amide bonds. The van der Waals surface area contributed by atoms with Crippen molar-refractivity contribution in [3.8, 4) is 0 Å². The van der Waals surface area contributed by atoms with Crippen LogP contribution in [0.1, 0.15) is 25.3 Å². The lowest BCUT2D eigenvalue weighted by molar-refractivity contribution is 0.611. The number of hydrogen-bond acceptors (Lipinski definition) is 3. The van der Waals surface area contributed by atoms with Crippen LogP contribution in [0.3, 0.4) is 0 Å². The van der Waals surface area contributed by atoms with Gasteiger partial charge in [0.05, 0.1) is 0 Å². The maximum atomic E-state index is 6.01. The molecule has 6 nitrogen and oxygen atoms in total. The monoisotopic (exact) mass is 476 g/mol. The fourth-order valence-electron chi connectivity index (χ4n) is 2.29. The second-order valence-corrected chi connectivity index (χ2v) is 5.91.